The second-order valence-corrected chi connectivity index (χ2v) is 6.35. The lowest BCUT2D eigenvalue weighted by atomic mass is 10.1. The largest absolute Gasteiger partial charge is 0.347 e. The molecule has 0 saturated carbocycles. The fraction of sp³-hybridized carbons (Fsp3) is 0.455. The normalized spacial score (nSPS) is 15.7. The molecule has 0 aromatic carbocycles. The van der Waals surface area contributed by atoms with E-state index in [0.717, 1.165) is 39.4 Å². The summed E-state index contributed by atoms with van der Waals surface area (Å²) in [6.45, 7) is 2.05. The molecule has 0 aliphatic carbocycles. The average Bonchev–Trinajstić information content (AvgIpc) is 3.09. The van der Waals surface area contributed by atoms with E-state index in [1.165, 1.54) is 36.7 Å². The fourth-order valence-electron chi connectivity index (χ4n) is 2.07. The summed E-state index contributed by atoms with van der Waals surface area (Å²) in [4.78, 5) is 13.4. The molecule has 1 aliphatic rings. The van der Waals surface area contributed by atoms with Gasteiger partial charge in [0.15, 0.2) is 5.01 Å². The van der Waals surface area contributed by atoms with Gasteiger partial charge in [0.05, 0.1) is 9.80 Å². The second kappa shape index (κ2) is 5.22. The van der Waals surface area contributed by atoms with E-state index < -0.39 is 0 Å². The third-order valence-corrected chi connectivity index (χ3v) is 5.21. The minimum Gasteiger partial charge on any atom is -0.347 e. The van der Waals surface area contributed by atoms with Crippen LogP contribution < -0.4 is 4.90 Å². The molecule has 0 amide bonds. The zero-order chi connectivity index (χ0) is 13.2. The molecule has 19 heavy (non-hydrogen) atoms. The molecule has 8 heteroatoms. The fourth-order valence-corrected chi connectivity index (χ4v) is 3.84. The Bertz CT molecular complexity index is 589. The Morgan fingerprint density at radius 1 is 1.16 bits per heavy atom. The van der Waals surface area contributed by atoms with Crippen LogP contribution in [0.1, 0.15) is 19.3 Å². The molecule has 3 rings (SSSR count). The van der Waals surface area contributed by atoms with Crippen molar-refractivity contribution in [3.05, 3.63) is 22.2 Å². The van der Waals surface area contributed by atoms with Gasteiger partial charge in [-0.3, -0.25) is 10.1 Å². The smallest absolute Gasteiger partial charge is 0.324 e. The van der Waals surface area contributed by atoms with Crippen molar-refractivity contribution in [1.29, 1.82) is 0 Å². The van der Waals surface area contributed by atoms with Gasteiger partial charge in [0, 0.05) is 19.2 Å². The molecule has 100 valence electrons. The number of hydrogen-bond donors (Lipinski definition) is 0. The summed E-state index contributed by atoms with van der Waals surface area (Å²) in [5, 5.41) is 20.9. The van der Waals surface area contributed by atoms with E-state index in [1.807, 2.05) is 0 Å². The van der Waals surface area contributed by atoms with Crippen molar-refractivity contribution in [2.24, 2.45) is 0 Å². The number of rotatable bonds is 3. The molecule has 1 aliphatic heterocycles. The molecule has 0 bridgehead atoms. The first-order valence-corrected chi connectivity index (χ1v) is 7.70. The summed E-state index contributed by atoms with van der Waals surface area (Å²) in [5.41, 5.74) is 0. The first-order valence-electron chi connectivity index (χ1n) is 6.07. The standard InChI is InChI=1S/C11H12N4O2S2/c16-15(17)9-5-4-8(18-9)10-12-13-11(19-10)14-6-2-1-3-7-14/h4-5H,1-3,6-7H2. The SMILES string of the molecule is O=[N+]([O-])c1ccc(-c2nnc(N3CCCCC3)s2)s1. The molecule has 0 unspecified atom stereocenters. The third-order valence-electron chi connectivity index (χ3n) is 3.02. The van der Waals surface area contributed by atoms with Crippen LogP contribution >= 0.6 is 22.7 Å². The van der Waals surface area contributed by atoms with Gasteiger partial charge in [0.1, 0.15) is 0 Å². The maximum atomic E-state index is 10.7. The second-order valence-electron chi connectivity index (χ2n) is 4.33. The van der Waals surface area contributed by atoms with Gasteiger partial charge < -0.3 is 4.90 Å². The van der Waals surface area contributed by atoms with Gasteiger partial charge in [-0.1, -0.05) is 22.7 Å². The van der Waals surface area contributed by atoms with Crippen molar-refractivity contribution in [3.8, 4) is 9.88 Å². The van der Waals surface area contributed by atoms with E-state index in [1.54, 1.807) is 6.07 Å². The summed E-state index contributed by atoms with van der Waals surface area (Å²) in [6, 6.07) is 3.26. The highest BCUT2D eigenvalue weighted by Gasteiger charge is 2.18. The summed E-state index contributed by atoms with van der Waals surface area (Å²) in [5.74, 6) is 0. The highest BCUT2D eigenvalue weighted by molar-refractivity contribution is 7.24. The van der Waals surface area contributed by atoms with Crippen molar-refractivity contribution in [3.63, 3.8) is 0 Å². The van der Waals surface area contributed by atoms with Crippen molar-refractivity contribution in [2.45, 2.75) is 19.3 Å². The van der Waals surface area contributed by atoms with Crippen LogP contribution in [0.5, 0.6) is 0 Å². The van der Waals surface area contributed by atoms with Crippen LogP contribution in [-0.4, -0.2) is 28.2 Å². The average molecular weight is 296 g/mol. The molecule has 0 spiro atoms. The van der Waals surface area contributed by atoms with E-state index in [2.05, 4.69) is 15.1 Å². The van der Waals surface area contributed by atoms with Crippen molar-refractivity contribution in [1.82, 2.24) is 10.2 Å². The number of nitro groups is 1. The zero-order valence-electron chi connectivity index (χ0n) is 10.1. The molecule has 1 saturated heterocycles. The molecular formula is C11H12N4O2S2. The maximum Gasteiger partial charge on any atom is 0.324 e. The Balaban J connectivity index is 1.81. The van der Waals surface area contributed by atoms with Crippen molar-refractivity contribution < 1.29 is 4.92 Å². The number of aromatic nitrogens is 2. The van der Waals surface area contributed by atoms with Crippen LogP contribution in [0.4, 0.5) is 10.1 Å². The lowest BCUT2D eigenvalue weighted by Crippen LogP contribution is -2.29. The van der Waals surface area contributed by atoms with Crippen LogP contribution in [-0.2, 0) is 0 Å². The van der Waals surface area contributed by atoms with Gasteiger partial charge in [-0.25, -0.2) is 0 Å². The Morgan fingerprint density at radius 2 is 1.95 bits per heavy atom. The maximum absolute atomic E-state index is 10.7. The van der Waals surface area contributed by atoms with Crippen LogP contribution in [0.25, 0.3) is 9.88 Å². The van der Waals surface area contributed by atoms with Gasteiger partial charge in [-0.05, 0) is 25.3 Å². The Kier molecular flexibility index (Phi) is 3.43. The summed E-state index contributed by atoms with van der Waals surface area (Å²) >= 11 is 2.65. The molecule has 6 nitrogen and oxygen atoms in total. The molecule has 0 radical (unpaired) electrons. The highest BCUT2D eigenvalue weighted by atomic mass is 32.1. The Morgan fingerprint density at radius 3 is 2.63 bits per heavy atom. The molecule has 2 aromatic heterocycles. The van der Waals surface area contributed by atoms with E-state index >= 15 is 0 Å². The lowest BCUT2D eigenvalue weighted by Gasteiger charge is -2.25. The van der Waals surface area contributed by atoms with Gasteiger partial charge in [0.2, 0.25) is 5.13 Å². The predicted octanol–water partition coefficient (Wildman–Crippen LogP) is 3.17. The monoisotopic (exact) mass is 296 g/mol. The predicted molar refractivity (Wildman–Crippen MR) is 75.9 cm³/mol. The molecule has 2 aromatic rings. The molecule has 0 atom stereocenters. The summed E-state index contributed by atoms with van der Waals surface area (Å²) in [6.07, 6.45) is 3.66. The minimum absolute atomic E-state index is 0.143. The molecule has 0 N–H and O–H groups in total. The number of nitrogens with zero attached hydrogens (tertiary/aromatic N) is 4. The van der Waals surface area contributed by atoms with Gasteiger partial charge in [-0.2, -0.15) is 0 Å². The van der Waals surface area contributed by atoms with Gasteiger partial charge in [0.25, 0.3) is 0 Å². The van der Waals surface area contributed by atoms with Crippen LogP contribution in [0.2, 0.25) is 0 Å². The third kappa shape index (κ3) is 2.59. The van der Waals surface area contributed by atoms with Gasteiger partial charge in [-0.15, -0.1) is 10.2 Å². The zero-order valence-corrected chi connectivity index (χ0v) is 11.7. The molecule has 3 heterocycles. The first-order chi connectivity index (χ1) is 9.24. The summed E-state index contributed by atoms with van der Waals surface area (Å²) in [7, 11) is 0. The first kappa shape index (κ1) is 12.5. The van der Waals surface area contributed by atoms with Crippen LogP contribution in [0.3, 0.4) is 0 Å². The number of thiophene rings is 1. The van der Waals surface area contributed by atoms with E-state index in [0.29, 0.717) is 0 Å². The highest BCUT2D eigenvalue weighted by Crippen LogP contribution is 2.36. The van der Waals surface area contributed by atoms with Crippen LogP contribution in [0, 0.1) is 10.1 Å². The molecular weight excluding hydrogens is 284 g/mol. The number of hydrogen-bond acceptors (Lipinski definition) is 7. The minimum atomic E-state index is -0.374. The van der Waals surface area contributed by atoms with E-state index in [9.17, 15) is 10.1 Å². The summed E-state index contributed by atoms with van der Waals surface area (Å²) < 4.78 is 0. The topological polar surface area (TPSA) is 72.2 Å². The number of anilines is 1. The van der Waals surface area contributed by atoms with E-state index in [4.69, 9.17) is 0 Å². The quantitative estimate of drug-likeness (QED) is 0.642. The van der Waals surface area contributed by atoms with Crippen LogP contribution in [0.15, 0.2) is 12.1 Å². The number of piperidine rings is 1. The van der Waals surface area contributed by atoms with E-state index in [-0.39, 0.29) is 9.92 Å². The Labute approximate surface area is 117 Å². The molecule has 1 fully saturated rings. The van der Waals surface area contributed by atoms with Crippen molar-refractivity contribution in [2.75, 3.05) is 18.0 Å². The Hall–Kier alpha value is -1.54. The van der Waals surface area contributed by atoms with Gasteiger partial charge >= 0.3 is 5.00 Å². The lowest BCUT2D eigenvalue weighted by molar-refractivity contribution is -0.380. The van der Waals surface area contributed by atoms with Crippen molar-refractivity contribution >= 4 is 32.8 Å².